The zero-order valence-electron chi connectivity index (χ0n) is 10.9. The lowest BCUT2D eigenvalue weighted by molar-refractivity contribution is -0.116. The second kappa shape index (κ2) is 9.35. The SMILES string of the molecule is CCCNC(=O)c1cccc(NC(=O)CCN)c1.Cl. The van der Waals surface area contributed by atoms with Gasteiger partial charge in [-0.05, 0) is 24.6 Å². The van der Waals surface area contributed by atoms with Crippen molar-refractivity contribution in [2.24, 2.45) is 5.73 Å². The van der Waals surface area contributed by atoms with Gasteiger partial charge >= 0.3 is 0 Å². The maximum Gasteiger partial charge on any atom is 0.251 e. The second-order valence-electron chi connectivity index (χ2n) is 3.92. The van der Waals surface area contributed by atoms with Gasteiger partial charge in [0.2, 0.25) is 5.91 Å². The molecule has 0 aromatic heterocycles. The molecule has 1 rings (SSSR count). The van der Waals surface area contributed by atoms with Gasteiger partial charge in [0, 0.05) is 30.8 Å². The van der Waals surface area contributed by atoms with E-state index in [4.69, 9.17) is 5.73 Å². The second-order valence-corrected chi connectivity index (χ2v) is 3.92. The van der Waals surface area contributed by atoms with E-state index in [1.54, 1.807) is 24.3 Å². The molecule has 0 aliphatic heterocycles. The minimum atomic E-state index is -0.149. The molecule has 1 aromatic rings. The van der Waals surface area contributed by atoms with Crippen LogP contribution in [0.25, 0.3) is 0 Å². The molecule has 0 aliphatic rings. The van der Waals surface area contributed by atoms with Crippen molar-refractivity contribution in [3.8, 4) is 0 Å². The van der Waals surface area contributed by atoms with Crippen LogP contribution in [0, 0.1) is 0 Å². The Bertz CT molecular complexity index is 424. The van der Waals surface area contributed by atoms with E-state index in [0.29, 0.717) is 24.3 Å². The molecule has 106 valence electrons. The normalized spacial score (nSPS) is 9.37. The lowest BCUT2D eigenvalue weighted by atomic mass is 10.2. The number of nitrogens with two attached hydrogens (primary N) is 1. The third-order valence-corrected chi connectivity index (χ3v) is 2.32. The van der Waals surface area contributed by atoms with Crippen molar-refractivity contribution in [3.05, 3.63) is 29.8 Å². The highest BCUT2D eigenvalue weighted by Gasteiger charge is 2.06. The van der Waals surface area contributed by atoms with Gasteiger partial charge in [0.25, 0.3) is 5.91 Å². The number of hydrogen-bond acceptors (Lipinski definition) is 3. The van der Waals surface area contributed by atoms with E-state index in [2.05, 4.69) is 10.6 Å². The summed E-state index contributed by atoms with van der Waals surface area (Å²) < 4.78 is 0. The van der Waals surface area contributed by atoms with Crippen LogP contribution in [-0.4, -0.2) is 24.9 Å². The van der Waals surface area contributed by atoms with Crippen LogP contribution in [-0.2, 0) is 4.79 Å². The molecule has 0 saturated carbocycles. The van der Waals surface area contributed by atoms with Gasteiger partial charge in [0.1, 0.15) is 0 Å². The number of halogens is 1. The summed E-state index contributed by atoms with van der Waals surface area (Å²) in [5.74, 6) is -0.282. The monoisotopic (exact) mass is 285 g/mol. The summed E-state index contributed by atoms with van der Waals surface area (Å²) in [7, 11) is 0. The Hall–Kier alpha value is -1.59. The lowest BCUT2D eigenvalue weighted by Crippen LogP contribution is -2.24. The number of benzene rings is 1. The zero-order valence-corrected chi connectivity index (χ0v) is 11.8. The number of hydrogen-bond donors (Lipinski definition) is 3. The van der Waals surface area contributed by atoms with Crippen LogP contribution in [0.5, 0.6) is 0 Å². The molecule has 5 nitrogen and oxygen atoms in total. The third-order valence-electron chi connectivity index (χ3n) is 2.32. The van der Waals surface area contributed by atoms with Crippen molar-refractivity contribution < 1.29 is 9.59 Å². The molecule has 0 atom stereocenters. The summed E-state index contributed by atoms with van der Waals surface area (Å²) in [6, 6.07) is 6.84. The number of anilines is 1. The van der Waals surface area contributed by atoms with E-state index in [0.717, 1.165) is 6.42 Å². The van der Waals surface area contributed by atoms with Gasteiger partial charge in [-0.1, -0.05) is 13.0 Å². The van der Waals surface area contributed by atoms with Gasteiger partial charge in [-0.25, -0.2) is 0 Å². The van der Waals surface area contributed by atoms with E-state index in [1.807, 2.05) is 6.92 Å². The van der Waals surface area contributed by atoms with Gasteiger partial charge in [0.05, 0.1) is 0 Å². The summed E-state index contributed by atoms with van der Waals surface area (Å²) >= 11 is 0. The molecule has 0 aliphatic carbocycles. The largest absolute Gasteiger partial charge is 0.352 e. The van der Waals surface area contributed by atoms with E-state index >= 15 is 0 Å². The van der Waals surface area contributed by atoms with Crippen LogP contribution in [0.15, 0.2) is 24.3 Å². The van der Waals surface area contributed by atoms with Crippen molar-refractivity contribution in [2.45, 2.75) is 19.8 Å². The smallest absolute Gasteiger partial charge is 0.251 e. The molecule has 19 heavy (non-hydrogen) atoms. The van der Waals surface area contributed by atoms with E-state index in [-0.39, 0.29) is 30.6 Å². The molecule has 2 amide bonds. The molecule has 0 radical (unpaired) electrons. The molecule has 0 saturated heterocycles. The minimum Gasteiger partial charge on any atom is -0.352 e. The first kappa shape index (κ1) is 17.4. The van der Waals surface area contributed by atoms with E-state index in [9.17, 15) is 9.59 Å². The first-order chi connectivity index (χ1) is 8.67. The third kappa shape index (κ3) is 6.22. The number of rotatable bonds is 6. The molecule has 0 fully saturated rings. The fraction of sp³-hybridized carbons (Fsp3) is 0.385. The number of carbonyl (C=O) groups is 2. The van der Waals surface area contributed by atoms with Crippen molar-refractivity contribution in [1.29, 1.82) is 0 Å². The summed E-state index contributed by atoms with van der Waals surface area (Å²) in [5, 5.41) is 5.48. The fourth-order valence-corrected chi connectivity index (χ4v) is 1.43. The fourth-order valence-electron chi connectivity index (χ4n) is 1.43. The quantitative estimate of drug-likeness (QED) is 0.741. The predicted molar refractivity (Wildman–Crippen MR) is 78.6 cm³/mol. The Morgan fingerprint density at radius 1 is 1.32 bits per heavy atom. The summed E-state index contributed by atoms with van der Waals surface area (Å²) in [6.07, 6.45) is 1.16. The van der Waals surface area contributed by atoms with E-state index in [1.165, 1.54) is 0 Å². The van der Waals surface area contributed by atoms with Crippen LogP contribution in [0.1, 0.15) is 30.1 Å². The molecule has 1 aromatic carbocycles. The minimum absolute atomic E-state index is 0. The summed E-state index contributed by atoms with van der Waals surface area (Å²) in [6.45, 7) is 2.94. The van der Waals surface area contributed by atoms with Gasteiger partial charge in [0.15, 0.2) is 0 Å². The Morgan fingerprint density at radius 3 is 2.68 bits per heavy atom. The highest BCUT2D eigenvalue weighted by atomic mass is 35.5. The van der Waals surface area contributed by atoms with Crippen molar-refractivity contribution in [2.75, 3.05) is 18.4 Å². The van der Waals surface area contributed by atoms with Gasteiger partial charge in [-0.15, -0.1) is 12.4 Å². The molecule has 0 heterocycles. The summed E-state index contributed by atoms with van der Waals surface area (Å²) in [4.78, 5) is 23.1. The van der Waals surface area contributed by atoms with Crippen LogP contribution >= 0.6 is 12.4 Å². The number of carbonyl (C=O) groups excluding carboxylic acids is 2. The van der Waals surface area contributed by atoms with Gasteiger partial charge < -0.3 is 16.4 Å². The number of amides is 2. The predicted octanol–water partition coefficient (Wildman–Crippen LogP) is 1.54. The standard InChI is InChI=1S/C13H19N3O2.ClH/c1-2-8-15-13(18)10-4-3-5-11(9-10)16-12(17)6-7-14;/h3-5,9H,2,6-8,14H2,1H3,(H,15,18)(H,16,17);1H. The first-order valence-corrected chi connectivity index (χ1v) is 6.05. The maximum atomic E-state index is 11.7. The van der Waals surface area contributed by atoms with Crippen molar-refractivity contribution in [3.63, 3.8) is 0 Å². The van der Waals surface area contributed by atoms with Crippen molar-refractivity contribution in [1.82, 2.24) is 5.32 Å². The molecule has 6 heteroatoms. The van der Waals surface area contributed by atoms with E-state index < -0.39 is 0 Å². The first-order valence-electron chi connectivity index (χ1n) is 6.05. The Labute approximate surface area is 119 Å². The molecule has 4 N–H and O–H groups in total. The maximum absolute atomic E-state index is 11.7. The Balaban J connectivity index is 0.00000324. The molecule has 0 spiro atoms. The van der Waals surface area contributed by atoms with Crippen molar-refractivity contribution >= 4 is 29.9 Å². The lowest BCUT2D eigenvalue weighted by Gasteiger charge is -2.07. The molecule has 0 bridgehead atoms. The highest BCUT2D eigenvalue weighted by molar-refractivity contribution is 5.97. The molecule has 0 unspecified atom stereocenters. The van der Waals surface area contributed by atoms with Crippen LogP contribution in [0.2, 0.25) is 0 Å². The Morgan fingerprint density at radius 2 is 2.05 bits per heavy atom. The molecular formula is C13H20ClN3O2. The van der Waals surface area contributed by atoms with Crippen LogP contribution < -0.4 is 16.4 Å². The average Bonchev–Trinajstić information content (AvgIpc) is 2.36. The van der Waals surface area contributed by atoms with Gasteiger partial charge in [-0.3, -0.25) is 9.59 Å². The molecular weight excluding hydrogens is 266 g/mol. The zero-order chi connectivity index (χ0) is 13.4. The summed E-state index contributed by atoms with van der Waals surface area (Å²) in [5.41, 5.74) is 6.44. The number of nitrogens with one attached hydrogen (secondary N) is 2. The topological polar surface area (TPSA) is 84.2 Å². The van der Waals surface area contributed by atoms with Crippen LogP contribution in [0.4, 0.5) is 5.69 Å². The average molecular weight is 286 g/mol. The van der Waals surface area contributed by atoms with Crippen LogP contribution in [0.3, 0.4) is 0 Å². The van der Waals surface area contributed by atoms with Gasteiger partial charge in [-0.2, -0.15) is 0 Å². The Kier molecular flexibility index (Phi) is 8.57. The highest BCUT2D eigenvalue weighted by Crippen LogP contribution is 2.10.